The van der Waals surface area contributed by atoms with Gasteiger partial charge in [-0.25, -0.2) is 9.78 Å². The molecule has 1 fully saturated rings. The maximum Gasteiger partial charge on any atom is 0.353 e. The van der Waals surface area contributed by atoms with E-state index in [2.05, 4.69) is 36.1 Å². The maximum absolute atomic E-state index is 12.7. The minimum absolute atomic E-state index is 0.0661. The minimum atomic E-state index is -1.24. The summed E-state index contributed by atoms with van der Waals surface area (Å²) in [4.78, 5) is 42.7. The van der Waals surface area contributed by atoms with Crippen molar-refractivity contribution in [3.05, 3.63) is 21.7 Å². The van der Waals surface area contributed by atoms with E-state index in [1.54, 1.807) is 0 Å². The second-order valence-corrected chi connectivity index (χ2v) is 10.4. The van der Waals surface area contributed by atoms with E-state index in [9.17, 15) is 24.7 Å². The highest BCUT2D eigenvalue weighted by Gasteiger charge is 2.54. The summed E-state index contributed by atoms with van der Waals surface area (Å²) in [7, 11) is 0. The van der Waals surface area contributed by atoms with Gasteiger partial charge in [-0.1, -0.05) is 16.9 Å². The number of nitrogen functional groups attached to an aromatic ring is 1. The molecule has 0 radical (unpaired) electrons. The number of H-pyrrole nitrogens is 1. The van der Waals surface area contributed by atoms with Crippen LogP contribution in [0, 0.1) is 0 Å². The summed E-state index contributed by atoms with van der Waals surface area (Å²) in [6, 6.07) is -0.977. The highest BCUT2D eigenvalue weighted by atomic mass is 32.2. The first-order chi connectivity index (χ1) is 15.4. The first-order valence-corrected chi connectivity index (χ1v) is 12.4. The number of fused-ring (bicyclic) bond motifs is 1. The fourth-order valence-corrected chi connectivity index (χ4v) is 6.92. The Bertz CT molecular complexity index is 1120. The van der Waals surface area contributed by atoms with Crippen molar-refractivity contribution in [2.45, 2.75) is 16.6 Å². The molecule has 168 valence electrons. The molecular weight excluding hydrogens is 502 g/mol. The van der Waals surface area contributed by atoms with Crippen LogP contribution in [0.4, 0.5) is 5.13 Å². The van der Waals surface area contributed by atoms with Gasteiger partial charge in [0.15, 0.2) is 10.8 Å². The highest BCUT2D eigenvalue weighted by Crippen LogP contribution is 2.44. The van der Waals surface area contributed by atoms with Crippen molar-refractivity contribution < 1.29 is 24.7 Å². The average Bonchev–Trinajstić information content (AvgIpc) is 3.44. The van der Waals surface area contributed by atoms with Gasteiger partial charge < -0.3 is 21.4 Å². The fraction of sp³-hybridized carbons (Fsp3) is 0.286. The number of nitrogens with one attached hydrogen (secondary N) is 2. The van der Waals surface area contributed by atoms with Crippen molar-refractivity contribution in [1.82, 2.24) is 35.8 Å². The van der Waals surface area contributed by atoms with Crippen LogP contribution in [0.1, 0.15) is 5.69 Å². The number of hydrogen-bond acceptors (Lipinski definition) is 14. The van der Waals surface area contributed by atoms with Crippen LogP contribution in [0.3, 0.4) is 0 Å². The molecule has 32 heavy (non-hydrogen) atoms. The highest BCUT2D eigenvalue weighted by molar-refractivity contribution is 8.18. The number of hydrogen-bond donors (Lipinski definition) is 5. The number of thiazole rings is 1. The molecule has 2 aromatic rings. The van der Waals surface area contributed by atoms with Crippen LogP contribution in [0.5, 0.6) is 0 Å². The van der Waals surface area contributed by atoms with Crippen LogP contribution in [0.2, 0.25) is 0 Å². The zero-order valence-corrected chi connectivity index (χ0v) is 18.9. The van der Waals surface area contributed by atoms with Gasteiger partial charge in [0.25, 0.3) is 11.8 Å². The standard InChI is InChI=1S/C14H13N9O5S4/c15-13-16-4(1-30-13)6(20-28)9(24)17-7-10(25)23-8(12(26)27)5(2-29-11(7)23)31-3-32-14-18-21-22-19-14/h1,7,11,28H,2-3H2,(H2,15,16)(H,17,24)(H,26,27)(H,18,19,21,22)/b20-6+/t7-,11?/m1/s1. The number of carbonyl (C=O) groups is 3. The summed E-state index contributed by atoms with van der Waals surface area (Å²) in [6.45, 7) is 0. The normalized spacial score (nSPS) is 20.7. The van der Waals surface area contributed by atoms with Gasteiger partial charge >= 0.3 is 5.97 Å². The molecule has 18 heteroatoms. The maximum atomic E-state index is 12.7. The van der Waals surface area contributed by atoms with Crippen LogP contribution in [-0.4, -0.2) is 86.6 Å². The Hall–Kier alpha value is -2.83. The van der Waals surface area contributed by atoms with E-state index < -0.39 is 34.9 Å². The molecule has 2 atom stereocenters. The fourth-order valence-electron chi connectivity index (χ4n) is 2.89. The number of carboxylic acids is 1. The number of β-lactam (4-membered cyclic amide) rings is 1. The summed E-state index contributed by atoms with van der Waals surface area (Å²) in [5.41, 5.74) is 5.09. The molecule has 1 unspecified atom stereocenters. The Balaban J connectivity index is 1.44. The van der Waals surface area contributed by atoms with Gasteiger partial charge in [0.2, 0.25) is 5.16 Å². The number of anilines is 1. The third-order valence-corrected chi connectivity index (χ3v) is 8.45. The first kappa shape index (κ1) is 22.4. The number of tetrazole rings is 1. The molecule has 0 bridgehead atoms. The van der Waals surface area contributed by atoms with Crippen LogP contribution in [0.25, 0.3) is 0 Å². The Kier molecular flexibility index (Phi) is 6.53. The number of nitrogens with two attached hydrogens (primary N) is 1. The van der Waals surface area contributed by atoms with Gasteiger partial charge in [-0.05, 0) is 5.21 Å². The Morgan fingerprint density at radius 3 is 2.88 bits per heavy atom. The van der Waals surface area contributed by atoms with Gasteiger partial charge in [0.1, 0.15) is 22.8 Å². The summed E-state index contributed by atoms with van der Waals surface area (Å²) in [6.07, 6.45) is 0. The lowest BCUT2D eigenvalue weighted by Crippen LogP contribution is -2.71. The Labute approximate surface area is 195 Å². The number of oxime groups is 1. The number of aromatic amines is 1. The molecule has 1 saturated heterocycles. The molecule has 2 aromatic heterocycles. The monoisotopic (exact) mass is 515 g/mol. The summed E-state index contributed by atoms with van der Waals surface area (Å²) < 4.78 is 0. The quantitative estimate of drug-likeness (QED) is 0.0756. The van der Waals surface area contributed by atoms with E-state index in [4.69, 9.17) is 5.73 Å². The lowest BCUT2D eigenvalue weighted by Gasteiger charge is -2.49. The Morgan fingerprint density at radius 2 is 2.25 bits per heavy atom. The third-order valence-electron chi connectivity index (χ3n) is 4.25. The van der Waals surface area contributed by atoms with Crippen molar-refractivity contribution in [3.8, 4) is 0 Å². The molecule has 0 aromatic carbocycles. The largest absolute Gasteiger partial charge is 0.477 e. The summed E-state index contributed by atoms with van der Waals surface area (Å²) >= 11 is 4.91. The lowest BCUT2D eigenvalue weighted by atomic mass is 10.0. The molecule has 0 aliphatic carbocycles. The lowest BCUT2D eigenvalue weighted by molar-refractivity contribution is -0.150. The van der Waals surface area contributed by atoms with E-state index in [1.807, 2.05) is 0 Å². The van der Waals surface area contributed by atoms with Crippen LogP contribution in [0.15, 0.2) is 26.3 Å². The van der Waals surface area contributed by atoms with E-state index in [0.29, 0.717) is 20.9 Å². The van der Waals surface area contributed by atoms with Gasteiger partial charge in [-0.3, -0.25) is 14.5 Å². The van der Waals surface area contributed by atoms with Crippen LogP contribution < -0.4 is 11.1 Å². The van der Waals surface area contributed by atoms with Crippen molar-refractivity contribution in [3.63, 3.8) is 0 Å². The number of carbonyl (C=O) groups excluding carboxylic acids is 2. The van der Waals surface area contributed by atoms with E-state index in [1.165, 1.54) is 40.7 Å². The summed E-state index contributed by atoms with van der Waals surface area (Å²) in [5, 5.41) is 39.6. The van der Waals surface area contributed by atoms with E-state index in [0.717, 1.165) is 16.2 Å². The molecular formula is C14H13N9O5S4. The summed E-state index contributed by atoms with van der Waals surface area (Å²) in [5.74, 6) is -2.30. The topological polar surface area (TPSA) is 213 Å². The van der Waals surface area contributed by atoms with Crippen LogP contribution >= 0.6 is 46.6 Å². The number of carboxylic acid groups (broad SMARTS) is 1. The molecule has 0 saturated carbocycles. The molecule has 0 spiro atoms. The molecule has 2 amide bonds. The van der Waals surface area contributed by atoms with Gasteiger partial charge in [-0.15, -0.1) is 45.1 Å². The number of aromatic nitrogens is 5. The van der Waals surface area contributed by atoms with Gasteiger partial charge in [-0.2, -0.15) is 5.21 Å². The second-order valence-electron chi connectivity index (χ2n) is 6.06. The van der Waals surface area contributed by atoms with Crippen molar-refractivity contribution in [1.29, 1.82) is 0 Å². The van der Waals surface area contributed by atoms with Crippen LogP contribution in [-0.2, 0) is 14.4 Å². The molecule has 2 aliphatic rings. The van der Waals surface area contributed by atoms with Gasteiger partial charge in [0, 0.05) is 16.0 Å². The molecule has 2 aliphatic heterocycles. The molecule has 4 rings (SSSR count). The predicted molar refractivity (Wildman–Crippen MR) is 117 cm³/mol. The zero-order valence-electron chi connectivity index (χ0n) is 15.7. The smallest absolute Gasteiger partial charge is 0.353 e. The van der Waals surface area contributed by atoms with Crippen molar-refractivity contribution in [2.75, 3.05) is 16.6 Å². The number of amides is 2. The number of rotatable bonds is 8. The molecule has 6 N–H and O–H groups in total. The molecule has 14 nitrogen and oxygen atoms in total. The van der Waals surface area contributed by atoms with Crippen molar-refractivity contribution in [2.24, 2.45) is 5.16 Å². The van der Waals surface area contributed by atoms with E-state index in [-0.39, 0.29) is 16.5 Å². The molecule has 4 heterocycles. The number of thioether (sulfide) groups is 3. The first-order valence-electron chi connectivity index (χ1n) is 8.55. The van der Waals surface area contributed by atoms with Gasteiger partial charge in [0.05, 0.1) is 5.08 Å². The SMILES string of the molecule is Nc1nc(/C(=N\O)C(=O)N[C@@H]2C(=O)N3C(C(=O)O)=C(SCSc4nn[nH]n4)CSC23)cs1. The number of aliphatic carboxylic acids is 1. The zero-order chi connectivity index (χ0) is 22.8. The second kappa shape index (κ2) is 9.35. The van der Waals surface area contributed by atoms with Crippen molar-refractivity contribution >= 4 is 75.2 Å². The Morgan fingerprint density at radius 1 is 1.44 bits per heavy atom. The number of nitrogens with zero attached hydrogens (tertiary/aromatic N) is 6. The van der Waals surface area contributed by atoms with E-state index >= 15 is 0 Å². The minimum Gasteiger partial charge on any atom is -0.477 e. The average molecular weight is 516 g/mol. The predicted octanol–water partition coefficient (Wildman–Crippen LogP) is -0.404. The third kappa shape index (κ3) is 4.25.